The summed E-state index contributed by atoms with van der Waals surface area (Å²) in [5.74, 6) is 0.623. The molecule has 1 N–H and O–H groups in total. The Morgan fingerprint density at radius 3 is 2.73 bits per heavy atom. The molecule has 2 heterocycles. The minimum Gasteiger partial charge on any atom is -0.468 e. The molecule has 1 aromatic rings. The van der Waals surface area contributed by atoms with E-state index in [1.807, 2.05) is 0 Å². The van der Waals surface area contributed by atoms with E-state index in [2.05, 4.69) is 4.72 Å². The van der Waals surface area contributed by atoms with E-state index in [-0.39, 0.29) is 6.54 Å². The number of hydrogen-bond donors (Lipinski definition) is 1. The van der Waals surface area contributed by atoms with Crippen molar-refractivity contribution in [3.05, 3.63) is 24.2 Å². The van der Waals surface area contributed by atoms with Crippen molar-refractivity contribution in [3.63, 3.8) is 0 Å². The van der Waals surface area contributed by atoms with E-state index in [4.69, 9.17) is 4.42 Å². The van der Waals surface area contributed by atoms with Crippen molar-refractivity contribution in [2.24, 2.45) is 0 Å². The Morgan fingerprint density at radius 1 is 1.40 bits per heavy atom. The summed E-state index contributed by atoms with van der Waals surface area (Å²) in [6, 6.07) is 3.48. The Hall–Kier alpha value is -0.850. The van der Waals surface area contributed by atoms with Gasteiger partial charge in [0.25, 0.3) is 10.2 Å². The standard InChI is InChI=1S/C9H14N2O3S/c12-15(13,11-5-1-2-6-11)10-8-9-4-3-7-14-9/h3-4,7,10H,1-2,5-6,8H2. The van der Waals surface area contributed by atoms with Crippen LogP contribution in [0.4, 0.5) is 0 Å². The molecule has 0 saturated carbocycles. The molecule has 0 unspecified atom stereocenters. The van der Waals surface area contributed by atoms with Gasteiger partial charge in [0.05, 0.1) is 12.8 Å². The van der Waals surface area contributed by atoms with E-state index in [1.165, 1.54) is 10.6 Å². The Balaban J connectivity index is 1.93. The normalized spacial score (nSPS) is 18.4. The maximum absolute atomic E-state index is 11.7. The van der Waals surface area contributed by atoms with Crippen molar-refractivity contribution in [2.75, 3.05) is 13.1 Å². The van der Waals surface area contributed by atoms with Gasteiger partial charge >= 0.3 is 0 Å². The fourth-order valence-electron chi connectivity index (χ4n) is 1.60. The van der Waals surface area contributed by atoms with E-state index in [1.54, 1.807) is 12.1 Å². The first-order chi connectivity index (χ1) is 7.18. The number of rotatable bonds is 4. The van der Waals surface area contributed by atoms with Crippen LogP contribution in [-0.4, -0.2) is 25.8 Å². The number of hydrogen-bond acceptors (Lipinski definition) is 3. The quantitative estimate of drug-likeness (QED) is 0.828. The summed E-state index contributed by atoms with van der Waals surface area (Å²) in [7, 11) is -3.31. The molecule has 5 nitrogen and oxygen atoms in total. The molecule has 1 saturated heterocycles. The van der Waals surface area contributed by atoms with Crippen molar-refractivity contribution in [1.82, 2.24) is 9.03 Å². The van der Waals surface area contributed by atoms with E-state index < -0.39 is 10.2 Å². The predicted octanol–water partition coefficient (Wildman–Crippen LogP) is 0.710. The zero-order valence-corrected chi connectivity index (χ0v) is 9.16. The second-order valence-electron chi connectivity index (χ2n) is 3.51. The van der Waals surface area contributed by atoms with Gasteiger partial charge in [-0.25, -0.2) is 0 Å². The fourth-order valence-corrected chi connectivity index (χ4v) is 2.84. The summed E-state index contributed by atoms with van der Waals surface area (Å²) < 4.78 is 32.4. The van der Waals surface area contributed by atoms with Gasteiger partial charge in [0.15, 0.2) is 0 Å². The van der Waals surface area contributed by atoms with Crippen LogP contribution in [0.3, 0.4) is 0 Å². The van der Waals surface area contributed by atoms with Crippen molar-refractivity contribution in [1.29, 1.82) is 0 Å². The van der Waals surface area contributed by atoms with E-state index >= 15 is 0 Å². The molecule has 0 bridgehead atoms. The van der Waals surface area contributed by atoms with Gasteiger partial charge in [0.2, 0.25) is 0 Å². The molecule has 84 valence electrons. The van der Waals surface area contributed by atoms with E-state index in [9.17, 15) is 8.42 Å². The smallest absolute Gasteiger partial charge is 0.279 e. The van der Waals surface area contributed by atoms with Gasteiger partial charge in [0, 0.05) is 13.1 Å². The highest BCUT2D eigenvalue weighted by Crippen LogP contribution is 2.11. The molecule has 0 spiro atoms. The van der Waals surface area contributed by atoms with Gasteiger partial charge in [-0.3, -0.25) is 0 Å². The Morgan fingerprint density at radius 2 is 2.13 bits per heavy atom. The molecule has 0 aliphatic carbocycles. The number of nitrogens with zero attached hydrogens (tertiary/aromatic N) is 1. The van der Waals surface area contributed by atoms with Crippen LogP contribution in [0.5, 0.6) is 0 Å². The highest BCUT2D eigenvalue weighted by atomic mass is 32.2. The van der Waals surface area contributed by atoms with Gasteiger partial charge < -0.3 is 4.42 Å². The minimum atomic E-state index is -3.31. The third kappa shape index (κ3) is 2.58. The lowest BCUT2D eigenvalue weighted by atomic mass is 10.4. The van der Waals surface area contributed by atoms with Crippen molar-refractivity contribution in [2.45, 2.75) is 19.4 Å². The van der Waals surface area contributed by atoms with Gasteiger partial charge in [0.1, 0.15) is 5.76 Å². The van der Waals surface area contributed by atoms with Crippen LogP contribution in [0.1, 0.15) is 18.6 Å². The maximum Gasteiger partial charge on any atom is 0.279 e. The van der Waals surface area contributed by atoms with Gasteiger partial charge in [-0.05, 0) is 25.0 Å². The molecule has 2 rings (SSSR count). The van der Waals surface area contributed by atoms with Gasteiger partial charge in [-0.2, -0.15) is 17.4 Å². The Labute approximate surface area is 89.3 Å². The van der Waals surface area contributed by atoms with E-state index in [0.717, 1.165) is 12.8 Å². The topological polar surface area (TPSA) is 62.6 Å². The lowest BCUT2D eigenvalue weighted by Crippen LogP contribution is -2.38. The third-order valence-corrected chi connectivity index (χ3v) is 3.97. The lowest BCUT2D eigenvalue weighted by Gasteiger charge is -2.15. The average Bonchev–Trinajstić information content (AvgIpc) is 2.88. The van der Waals surface area contributed by atoms with Crippen LogP contribution >= 0.6 is 0 Å². The summed E-state index contributed by atoms with van der Waals surface area (Å²) >= 11 is 0. The first-order valence-electron chi connectivity index (χ1n) is 4.95. The molecule has 1 aromatic heterocycles. The second-order valence-corrected chi connectivity index (χ2v) is 5.27. The van der Waals surface area contributed by atoms with Crippen molar-refractivity contribution >= 4 is 10.2 Å². The largest absolute Gasteiger partial charge is 0.468 e. The van der Waals surface area contributed by atoms with Crippen LogP contribution in [0.25, 0.3) is 0 Å². The molecular weight excluding hydrogens is 216 g/mol. The van der Waals surface area contributed by atoms with Crippen LogP contribution in [0.15, 0.2) is 22.8 Å². The predicted molar refractivity (Wildman–Crippen MR) is 55.3 cm³/mol. The Kier molecular flexibility index (Phi) is 3.08. The highest BCUT2D eigenvalue weighted by Gasteiger charge is 2.24. The Bertz CT molecular complexity index is 393. The first-order valence-corrected chi connectivity index (χ1v) is 6.39. The number of nitrogens with one attached hydrogen (secondary N) is 1. The summed E-state index contributed by atoms with van der Waals surface area (Å²) in [4.78, 5) is 0. The zero-order chi connectivity index (χ0) is 10.7. The molecule has 0 atom stereocenters. The first kappa shape index (κ1) is 10.7. The maximum atomic E-state index is 11.7. The molecule has 1 aliphatic heterocycles. The van der Waals surface area contributed by atoms with Crippen molar-refractivity contribution < 1.29 is 12.8 Å². The summed E-state index contributed by atoms with van der Waals surface area (Å²) in [5.41, 5.74) is 0. The summed E-state index contributed by atoms with van der Waals surface area (Å²) in [6.45, 7) is 1.45. The molecule has 1 aliphatic rings. The monoisotopic (exact) mass is 230 g/mol. The van der Waals surface area contributed by atoms with Crippen LogP contribution < -0.4 is 4.72 Å². The third-order valence-electron chi connectivity index (χ3n) is 2.41. The number of furan rings is 1. The van der Waals surface area contributed by atoms with Crippen molar-refractivity contribution in [3.8, 4) is 0 Å². The zero-order valence-electron chi connectivity index (χ0n) is 8.35. The molecule has 0 aromatic carbocycles. The summed E-state index contributed by atoms with van der Waals surface area (Å²) in [5, 5.41) is 0. The fraction of sp³-hybridized carbons (Fsp3) is 0.556. The molecule has 6 heteroatoms. The molecular formula is C9H14N2O3S. The van der Waals surface area contributed by atoms with Crippen LogP contribution in [0.2, 0.25) is 0 Å². The molecule has 0 radical (unpaired) electrons. The molecule has 15 heavy (non-hydrogen) atoms. The van der Waals surface area contributed by atoms with Crippen LogP contribution in [-0.2, 0) is 16.8 Å². The van der Waals surface area contributed by atoms with Crippen LogP contribution in [0, 0.1) is 0 Å². The minimum absolute atomic E-state index is 0.214. The summed E-state index contributed by atoms with van der Waals surface area (Å²) in [6.07, 6.45) is 3.42. The van der Waals surface area contributed by atoms with Gasteiger partial charge in [-0.1, -0.05) is 0 Å². The molecule has 0 amide bonds. The lowest BCUT2D eigenvalue weighted by molar-refractivity contribution is 0.452. The average molecular weight is 230 g/mol. The van der Waals surface area contributed by atoms with E-state index in [0.29, 0.717) is 18.8 Å². The molecule has 1 fully saturated rings. The highest BCUT2D eigenvalue weighted by molar-refractivity contribution is 7.87. The SMILES string of the molecule is O=S(=O)(NCc1ccco1)N1CCCC1. The van der Waals surface area contributed by atoms with Gasteiger partial charge in [-0.15, -0.1) is 0 Å². The second kappa shape index (κ2) is 4.34.